The Balaban J connectivity index is 1.78. The number of benzene rings is 1. The van der Waals surface area contributed by atoms with Gasteiger partial charge < -0.3 is 10.3 Å². The molecule has 0 aliphatic heterocycles. The molecule has 27 heavy (non-hydrogen) atoms. The van der Waals surface area contributed by atoms with Gasteiger partial charge in [0.25, 0.3) is 0 Å². The summed E-state index contributed by atoms with van der Waals surface area (Å²) in [6.07, 6.45) is -0.887. The van der Waals surface area contributed by atoms with Gasteiger partial charge in [0.05, 0.1) is 29.9 Å². The standard InChI is InChI=1S/C19H19F3N4O/c1-12(25-18(27)10-15-6-4-8-23-15)17-11-24-26(13(17)2)16-7-3-5-14(9-16)19(20,21)22/h3-9,11-12,23H,10H2,1-2H3,(H,25,27). The zero-order valence-electron chi connectivity index (χ0n) is 14.8. The van der Waals surface area contributed by atoms with E-state index in [4.69, 9.17) is 0 Å². The fourth-order valence-corrected chi connectivity index (χ4v) is 2.94. The minimum absolute atomic E-state index is 0.156. The molecule has 0 bridgehead atoms. The minimum Gasteiger partial charge on any atom is -0.365 e. The van der Waals surface area contributed by atoms with Gasteiger partial charge in [-0.3, -0.25) is 4.79 Å². The fourth-order valence-electron chi connectivity index (χ4n) is 2.94. The maximum Gasteiger partial charge on any atom is 0.416 e. The van der Waals surface area contributed by atoms with E-state index in [1.807, 2.05) is 19.1 Å². The van der Waals surface area contributed by atoms with E-state index in [0.29, 0.717) is 11.4 Å². The van der Waals surface area contributed by atoms with E-state index in [2.05, 4.69) is 15.4 Å². The molecule has 0 saturated heterocycles. The fraction of sp³-hybridized carbons (Fsp3) is 0.263. The lowest BCUT2D eigenvalue weighted by Crippen LogP contribution is -2.28. The molecule has 2 N–H and O–H groups in total. The van der Waals surface area contributed by atoms with Crippen LogP contribution in [0.1, 0.15) is 35.5 Å². The minimum atomic E-state index is -4.42. The molecule has 0 aliphatic carbocycles. The van der Waals surface area contributed by atoms with Gasteiger partial charge in [-0.2, -0.15) is 18.3 Å². The number of amides is 1. The number of nitrogens with one attached hydrogen (secondary N) is 2. The number of aromatic amines is 1. The number of aromatic nitrogens is 3. The molecule has 3 rings (SSSR count). The van der Waals surface area contributed by atoms with Crippen LogP contribution in [-0.4, -0.2) is 20.7 Å². The SMILES string of the molecule is Cc1c(C(C)NC(=O)Cc2ccc[nH]2)cnn1-c1cccc(C(F)(F)F)c1. The summed E-state index contributed by atoms with van der Waals surface area (Å²) >= 11 is 0. The van der Waals surface area contributed by atoms with Crippen molar-refractivity contribution in [2.24, 2.45) is 0 Å². The molecule has 1 aromatic carbocycles. The van der Waals surface area contributed by atoms with Crippen LogP contribution in [0.25, 0.3) is 5.69 Å². The van der Waals surface area contributed by atoms with E-state index in [0.717, 1.165) is 23.4 Å². The number of hydrogen-bond donors (Lipinski definition) is 2. The number of H-pyrrole nitrogens is 1. The number of hydrogen-bond acceptors (Lipinski definition) is 2. The second-order valence-corrected chi connectivity index (χ2v) is 6.31. The van der Waals surface area contributed by atoms with Crippen LogP contribution in [0, 0.1) is 6.92 Å². The van der Waals surface area contributed by atoms with Crippen LogP contribution in [0.4, 0.5) is 13.2 Å². The van der Waals surface area contributed by atoms with Crippen LogP contribution in [0.5, 0.6) is 0 Å². The monoisotopic (exact) mass is 376 g/mol. The molecular weight excluding hydrogens is 357 g/mol. The van der Waals surface area contributed by atoms with Crippen molar-refractivity contribution in [3.8, 4) is 5.69 Å². The summed E-state index contributed by atoms with van der Waals surface area (Å²) < 4.78 is 40.3. The van der Waals surface area contributed by atoms with Gasteiger partial charge >= 0.3 is 6.18 Å². The van der Waals surface area contributed by atoms with Gasteiger partial charge in [-0.25, -0.2) is 4.68 Å². The van der Waals surface area contributed by atoms with Crippen LogP contribution in [0.2, 0.25) is 0 Å². The zero-order chi connectivity index (χ0) is 19.6. The van der Waals surface area contributed by atoms with E-state index < -0.39 is 11.7 Å². The highest BCUT2D eigenvalue weighted by Gasteiger charge is 2.30. The number of nitrogens with zero attached hydrogens (tertiary/aromatic N) is 2. The second-order valence-electron chi connectivity index (χ2n) is 6.31. The zero-order valence-corrected chi connectivity index (χ0v) is 14.8. The lowest BCUT2D eigenvalue weighted by Gasteiger charge is -2.14. The first-order chi connectivity index (χ1) is 12.8. The maximum absolute atomic E-state index is 12.9. The first kappa shape index (κ1) is 18.8. The van der Waals surface area contributed by atoms with Crippen LogP contribution < -0.4 is 5.32 Å². The Labute approximate surface area is 154 Å². The summed E-state index contributed by atoms with van der Waals surface area (Å²) in [5.41, 5.74) is 1.80. The van der Waals surface area contributed by atoms with Crippen molar-refractivity contribution in [1.82, 2.24) is 20.1 Å². The second kappa shape index (κ2) is 7.30. The Hall–Kier alpha value is -3.03. The van der Waals surface area contributed by atoms with Gasteiger partial charge in [-0.05, 0) is 44.2 Å². The third kappa shape index (κ3) is 4.21. The van der Waals surface area contributed by atoms with Crippen molar-refractivity contribution < 1.29 is 18.0 Å². The highest BCUT2D eigenvalue weighted by molar-refractivity contribution is 5.78. The Morgan fingerprint density at radius 1 is 1.30 bits per heavy atom. The third-order valence-electron chi connectivity index (χ3n) is 4.32. The van der Waals surface area contributed by atoms with Crippen molar-refractivity contribution in [1.29, 1.82) is 0 Å². The third-order valence-corrected chi connectivity index (χ3v) is 4.32. The average Bonchev–Trinajstić information content (AvgIpc) is 3.23. The number of alkyl halides is 3. The van der Waals surface area contributed by atoms with Crippen molar-refractivity contribution in [3.05, 3.63) is 71.3 Å². The lowest BCUT2D eigenvalue weighted by molar-refractivity contribution is -0.137. The van der Waals surface area contributed by atoms with E-state index in [9.17, 15) is 18.0 Å². The Morgan fingerprint density at radius 3 is 2.74 bits per heavy atom. The molecule has 3 aromatic rings. The summed E-state index contributed by atoms with van der Waals surface area (Å²) in [5, 5.41) is 7.09. The molecular formula is C19H19F3N4O. The first-order valence-electron chi connectivity index (χ1n) is 8.39. The average molecular weight is 376 g/mol. The molecule has 0 fully saturated rings. The molecule has 142 valence electrons. The molecule has 0 spiro atoms. The topological polar surface area (TPSA) is 62.7 Å². The summed E-state index contributed by atoms with van der Waals surface area (Å²) in [6.45, 7) is 3.57. The highest BCUT2D eigenvalue weighted by Crippen LogP contribution is 2.31. The van der Waals surface area contributed by atoms with Gasteiger partial charge in [-0.1, -0.05) is 6.07 Å². The predicted molar refractivity (Wildman–Crippen MR) is 94.4 cm³/mol. The van der Waals surface area contributed by atoms with E-state index in [-0.39, 0.29) is 18.4 Å². The molecule has 1 atom stereocenters. The summed E-state index contributed by atoms with van der Waals surface area (Å²) in [7, 11) is 0. The summed E-state index contributed by atoms with van der Waals surface area (Å²) in [6, 6.07) is 8.29. The molecule has 2 aromatic heterocycles. The quantitative estimate of drug-likeness (QED) is 0.708. The normalized spacial score (nSPS) is 12.8. The number of halogens is 3. The van der Waals surface area contributed by atoms with Crippen molar-refractivity contribution >= 4 is 5.91 Å². The Morgan fingerprint density at radius 2 is 2.07 bits per heavy atom. The van der Waals surface area contributed by atoms with Crippen LogP contribution in [-0.2, 0) is 17.4 Å². The molecule has 5 nitrogen and oxygen atoms in total. The molecule has 0 saturated carbocycles. The number of carbonyl (C=O) groups is 1. The Bertz CT molecular complexity index is 929. The summed E-state index contributed by atoms with van der Waals surface area (Å²) in [4.78, 5) is 15.1. The van der Waals surface area contributed by atoms with E-state index >= 15 is 0 Å². The van der Waals surface area contributed by atoms with Gasteiger partial charge in [-0.15, -0.1) is 0 Å². The first-order valence-corrected chi connectivity index (χ1v) is 8.39. The molecule has 1 amide bonds. The van der Waals surface area contributed by atoms with Crippen LogP contribution >= 0.6 is 0 Å². The highest BCUT2D eigenvalue weighted by atomic mass is 19.4. The Kier molecular flexibility index (Phi) is 5.07. The molecule has 2 heterocycles. The van der Waals surface area contributed by atoms with Gasteiger partial charge in [0.1, 0.15) is 0 Å². The van der Waals surface area contributed by atoms with Crippen molar-refractivity contribution in [2.75, 3.05) is 0 Å². The van der Waals surface area contributed by atoms with E-state index in [1.54, 1.807) is 25.4 Å². The molecule has 8 heteroatoms. The number of carbonyl (C=O) groups excluding carboxylic acids is 1. The molecule has 0 radical (unpaired) electrons. The summed E-state index contributed by atoms with van der Waals surface area (Å²) in [5.74, 6) is -0.156. The van der Waals surface area contributed by atoms with Crippen molar-refractivity contribution in [3.63, 3.8) is 0 Å². The van der Waals surface area contributed by atoms with Crippen molar-refractivity contribution in [2.45, 2.75) is 32.5 Å². The maximum atomic E-state index is 12.9. The molecule has 1 unspecified atom stereocenters. The van der Waals surface area contributed by atoms with E-state index in [1.165, 1.54) is 10.7 Å². The van der Waals surface area contributed by atoms with Gasteiger partial charge in [0.2, 0.25) is 5.91 Å². The number of rotatable bonds is 5. The predicted octanol–water partition coefficient (Wildman–Crippen LogP) is 3.95. The van der Waals surface area contributed by atoms with Crippen LogP contribution in [0.3, 0.4) is 0 Å². The largest absolute Gasteiger partial charge is 0.416 e. The smallest absolute Gasteiger partial charge is 0.365 e. The lowest BCUT2D eigenvalue weighted by atomic mass is 10.1. The van der Waals surface area contributed by atoms with Crippen LogP contribution in [0.15, 0.2) is 48.8 Å². The molecule has 0 aliphatic rings. The van der Waals surface area contributed by atoms with Gasteiger partial charge in [0.15, 0.2) is 0 Å². The van der Waals surface area contributed by atoms with Gasteiger partial charge in [0, 0.05) is 23.1 Å².